The summed E-state index contributed by atoms with van der Waals surface area (Å²) in [5, 5.41) is 0. The van der Waals surface area contributed by atoms with Crippen molar-refractivity contribution in [1.82, 2.24) is 0 Å². The summed E-state index contributed by atoms with van der Waals surface area (Å²) < 4.78 is 5.06. The molecule has 0 aromatic carbocycles. The Morgan fingerprint density at radius 3 is 1.57 bits per heavy atom. The average Bonchev–Trinajstić information content (AvgIpc) is 2.50. The van der Waals surface area contributed by atoms with Crippen LogP contribution in [-0.4, -0.2) is 12.6 Å². The molecule has 0 amide bonds. The van der Waals surface area contributed by atoms with Gasteiger partial charge in [-0.2, -0.15) is 0 Å². The van der Waals surface area contributed by atoms with Gasteiger partial charge in [-0.1, -0.05) is 90.4 Å². The van der Waals surface area contributed by atoms with E-state index in [1.807, 2.05) is 0 Å². The first-order valence-corrected chi connectivity index (χ1v) is 9.77. The van der Waals surface area contributed by atoms with E-state index in [4.69, 9.17) is 10.5 Å². The second kappa shape index (κ2) is 17.4. The van der Waals surface area contributed by atoms with E-state index in [9.17, 15) is 4.79 Å². The van der Waals surface area contributed by atoms with Gasteiger partial charge in [0, 0.05) is 11.8 Å². The maximum absolute atomic E-state index is 11.2. The van der Waals surface area contributed by atoms with Gasteiger partial charge in [-0.15, -0.1) is 0 Å². The number of carbonyl (C=O) groups excluding carboxylic acids is 1. The van der Waals surface area contributed by atoms with Crippen molar-refractivity contribution in [2.24, 2.45) is 5.73 Å². The lowest BCUT2D eigenvalue weighted by molar-refractivity contribution is -0.137. The van der Waals surface area contributed by atoms with Crippen LogP contribution >= 0.6 is 0 Å². The first-order chi connectivity index (χ1) is 11.2. The van der Waals surface area contributed by atoms with Gasteiger partial charge in [0.2, 0.25) is 0 Å². The van der Waals surface area contributed by atoms with E-state index in [0.717, 1.165) is 12.8 Å². The van der Waals surface area contributed by atoms with Crippen LogP contribution in [0.25, 0.3) is 0 Å². The topological polar surface area (TPSA) is 52.3 Å². The fraction of sp³-hybridized carbons (Fsp3) is 0.850. The third-order valence-corrected chi connectivity index (χ3v) is 4.09. The van der Waals surface area contributed by atoms with Crippen molar-refractivity contribution >= 4 is 5.97 Å². The van der Waals surface area contributed by atoms with Gasteiger partial charge in [-0.3, -0.25) is 0 Å². The highest BCUT2D eigenvalue weighted by Crippen LogP contribution is 2.12. The van der Waals surface area contributed by atoms with Gasteiger partial charge in [0.1, 0.15) is 0 Å². The van der Waals surface area contributed by atoms with Gasteiger partial charge in [0.25, 0.3) is 0 Å². The van der Waals surface area contributed by atoms with Crippen molar-refractivity contribution < 1.29 is 9.53 Å². The molecule has 0 aromatic rings. The molecule has 0 fully saturated rings. The Balaban J connectivity index is 3.11. The number of ether oxygens (including phenoxy) is 1. The molecule has 0 heterocycles. The third kappa shape index (κ3) is 19.0. The van der Waals surface area contributed by atoms with E-state index >= 15 is 0 Å². The number of hydrogen-bond donors (Lipinski definition) is 1. The molecular formula is C20H39NO2. The molecule has 0 atom stereocenters. The van der Waals surface area contributed by atoms with E-state index in [2.05, 4.69) is 6.92 Å². The monoisotopic (exact) mass is 325 g/mol. The van der Waals surface area contributed by atoms with Crippen molar-refractivity contribution in [2.45, 2.75) is 104 Å². The number of nitrogens with two attached hydrogens (primary N) is 1. The van der Waals surface area contributed by atoms with E-state index in [1.54, 1.807) is 6.92 Å². The van der Waals surface area contributed by atoms with Crippen molar-refractivity contribution in [3.05, 3.63) is 11.8 Å². The summed E-state index contributed by atoms with van der Waals surface area (Å²) in [6.45, 7) is 4.47. The number of carbonyl (C=O) groups is 1. The molecule has 3 heteroatoms. The molecule has 136 valence electrons. The molecule has 0 aliphatic heterocycles. The summed E-state index contributed by atoms with van der Waals surface area (Å²) >= 11 is 0. The Hall–Kier alpha value is -0.990. The van der Waals surface area contributed by atoms with Gasteiger partial charge in [0.05, 0.1) is 6.61 Å². The number of allylic oxidation sites excluding steroid dienone is 1. The first-order valence-electron chi connectivity index (χ1n) is 9.77. The highest BCUT2D eigenvalue weighted by atomic mass is 16.5. The normalized spacial score (nSPS) is 11.7. The number of rotatable bonds is 16. The molecule has 2 N–H and O–H groups in total. The van der Waals surface area contributed by atoms with E-state index < -0.39 is 0 Å². The lowest BCUT2D eigenvalue weighted by atomic mass is 10.0. The number of esters is 1. The van der Waals surface area contributed by atoms with Crippen LogP contribution in [-0.2, 0) is 9.53 Å². The summed E-state index contributed by atoms with van der Waals surface area (Å²) in [5.41, 5.74) is 5.91. The molecule has 0 rings (SSSR count). The molecule has 0 saturated heterocycles. The van der Waals surface area contributed by atoms with Crippen LogP contribution in [0.5, 0.6) is 0 Å². The molecule has 0 aliphatic rings. The summed E-state index contributed by atoms with van der Waals surface area (Å²) in [6, 6.07) is 0. The highest BCUT2D eigenvalue weighted by Gasteiger charge is 1.98. The minimum atomic E-state index is -0.320. The molecule has 0 bridgehead atoms. The molecule has 0 saturated carbocycles. The number of unbranched alkanes of at least 4 members (excludes halogenated alkanes) is 13. The maximum Gasteiger partial charge on any atom is 0.332 e. The van der Waals surface area contributed by atoms with Crippen LogP contribution in [0.2, 0.25) is 0 Å². The quantitative estimate of drug-likeness (QED) is 0.219. The van der Waals surface area contributed by atoms with E-state index in [-0.39, 0.29) is 5.97 Å². The van der Waals surface area contributed by atoms with Crippen molar-refractivity contribution in [3.8, 4) is 0 Å². The Bertz CT molecular complexity index is 296. The van der Waals surface area contributed by atoms with Crippen LogP contribution < -0.4 is 5.73 Å². The zero-order chi connectivity index (χ0) is 17.2. The van der Waals surface area contributed by atoms with E-state index in [1.165, 1.54) is 83.1 Å². The average molecular weight is 326 g/mol. The molecule has 0 aliphatic carbocycles. The zero-order valence-electron chi connectivity index (χ0n) is 15.6. The van der Waals surface area contributed by atoms with Crippen LogP contribution in [0.3, 0.4) is 0 Å². The molecule has 23 heavy (non-hydrogen) atoms. The van der Waals surface area contributed by atoms with Crippen LogP contribution in [0.4, 0.5) is 0 Å². The van der Waals surface area contributed by atoms with Crippen molar-refractivity contribution in [2.75, 3.05) is 6.61 Å². The minimum absolute atomic E-state index is 0.320. The third-order valence-electron chi connectivity index (χ3n) is 4.09. The van der Waals surface area contributed by atoms with Gasteiger partial charge in [-0.05, 0) is 13.3 Å². The van der Waals surface area contributed by atoms with Gasteiger partial charge < -0.3 is 10.5 Å². The fourth-order valence-electron chi connectivity index (χ4n) is 2.70. The summed E-state index contributed by atoms with van der Waals surface area (Å²) in [5.74, 6) is -0.320. The van der Waals surface area contributed by atoms with Crippen molar-refractivity contribution in [1.29, 1.82) is 0 Å². The maximum atomic E-state index is 11.2. The predicted octanol–water partition coefficient (Wildman–Crippen LogP) is 5.87. The van der Waals surface area contributed by atoms with E-state index in [0.29, 0.717) is 12.3 Å². The molecule has 3 nitrogen and oxygen atoms in total. The summed E-state index contributed by atoms with van der Waals surface area (Å²) in [7, 11) is 0. The SMILES string of the molecule is CCCCCCCCCCCCCCCCOC(=O)C=C(C)N. The van der Waals surface area contributed by atoms with Crippen LogP contribution in [0.1, 0.15) is 104 Å². The molecule has 0 spiro atoms. The molecule has 0 aromatic heterocycles. The Morgan fingerprint density at radius 2 is 1.17 bits per heavy atom. The lowest BCUT2D eigenvalue weighted by Gasteiger charge is -2.04. The summed E-state index contributed by atoms with van der Waals surface area (Å²) in [4.78, 5) is 11.2. The Morgan fingerprint density at radius 1 is 0.783 bits per heavy atom. The lowest BCUT2D eigenvalue weighted by Crippen LogP contribution is -2.05. The smallest absolute Gasteiger partial charge is 0.332 e. The number of hydrogen-bond acceptors (Lipinski definition) is 3. The van der Waals surface area contributed by atoms with Crippen LogP contribution in [0.15, 0.2) is 11.8 Å². The zero-order valence-corrected chi connectivity index (χ0v) is 15.6. The van der Waals surface area contributed by atoms with Gasteiger partial charge in [-0.25, -0.2) is 4.79 Å². The standard InChI is InChI=1S/C20H39NO2/c1-3-4-5-6-7-8-9-10-11-12-13-14-15-16-17-23-20(22)18-19(2)21/h18H,3-17,21H2,1-2H3. The van der Waals surface area contributed by atoms with Crippen molar-refractivity contribution in [3.63, 3.8) is 0 Å². The van der Waals surface area contributed by atoms with Gasteiger partial charge in [0.15, 0.2) is 0 Å². The minimum Gasteiger partial charge on any atom is -0.462 e. The van der Waals surface area contributed by atoms with Crippen LogP contribution in [0, 0.1) is 0 Å². The molecular weight excluding hydrogens is 286 g/mol. The summed E-state index contributed by atoms with van der Waals surface area (Å²) in [6.07, 6.45) is 20.0. The first kappa shape index (κ1) is 22.0. The second-order valence-electron chi connectivity index (χ2n) is 6.65. The van der Waals surface area contributed by atoms with Gasteiger partial charge >= 0.3 is 5.97 Å². The fourth-order valence-corrected chi connectivity index (χ4v) is 2.70. The molecule has 0 radical (unpaired) electrons. The highest BCUT2D eigenvalue weighted by molar-refractivity contribution is 5.82. The predicted molar refractivity (Wildman–Crippen MR) is 99.2 cm³/mol. The Labute approximate surface area is 144 Å². The Kier molecular flexibility index (Phi) is 16.6. The second-order valence-corrected chi connectivity index (χ2v) is 6.65. The largest absolute Gasteiger partial charge is 0.462 e. The molecule has 0 unspecified atom stereocenters.